The first-order valence-corrected chi connectivity index (χ1v) is 28.8. The van der Waals surface area contributed by atoms with Gasteiger partial charge in [-0.25, -0.2) is 28.1 Å². The van der Waals surface area contributed by atoms with Gasteiger partial charge in [-0.05, 0) is 86.3 Å². The molecule has 15 heteroatoms. The van der Waals surface area contributed by atoms with Crippen molar-refractivity contribution < 1.29 is 39.6 Å². The minimum absolute atomic E-state index is 0.0483. The summed E-state index contributed by atoms with van der Waals surface area (Å²) in [7, 11) is -8.24. The largest absolute Gasteiger partial charge is 0.541 e. The molecule has 348 valence electrons. The lowest BCUT2D eigenvalue weighted by Crippen LogP contribution is -2.50. The number of hydrogen-bond acceptors (Lipinski definition) is 6. The molecule has 0 spiro atoms. The normalized spacial score (nSPS) is 13.1. The van der Waals surface area contributed by atoms with Crippen LogP contribution in [0.4, 0.5) is 26.3 Å². The molecule has 0 aliphatic carbocycles. The van der Waals surface area contributed by atoms with E-state index in [-0.39, 0.29) is 67.1 Å². The maximum absolute atomic E-state index is 16.5. The molecule has 0 atom stereocenters. The van der Waals surface area contributed by atoms with E-state index in [1.165, 1.54) is 36.4 Å². The molecule has 0 unspecified atom stereocenters. The predicted molar refractivity (Wildman–Crippen MR) is 251 cm³/mol. The van der Waals surface area contributed by atoms with E-state index < -0.39 is 94.0 Å². The van der Waals surface area contributed by atoms with E-state index in [9.17, 15) is 0 Å². The van der Waals surface area contributed by atoms with Gasteiger partial charge in [0.1, 0.15) is 17.2 Å². The molecule has 6 nitrogen and oxygen atoms in total. The molecule has 0 N–H and O–H groups in total. The molecular formula is C48H69F6N3O3Si3. The molecule has 4 aromatic rings. The molecule has 63 heavy (non-hydrogen) atoms. The maximum atomic E-state index is 16.5. The Morgan fingerprint density at radius 3 is 0.635 bits per heavy atom. The first-order valence-electron chi connectivity index (χ1n) is 22.4. The van der Waals surface area contributed by atoms with E-state index in [0.717, 1.165) is 0 Å². The van der Waals surface area contributed by atoms with Gasteiger partial charge in [0.05, 0.1) is 16.7 Å². The monoisotopic (exact) mass is 933 g/mol. The van der Waals surface area contributed by atoms with Crippen LogP contribution in [0.5, 0.6) is 17.2 Å². The minimum Gasteiger partial charge on any atom is -0.541 e. The average molecular weight is 934 g/mol. The van der Waals surface area contributed by atoms with Crippen molar-refractivity contribution in [3.8, 4) is 51.4 Å². The van der Waals surface area contributed by atoms with Crippen LogP contribution in [0.3, 0.4) is 0 Å². The van der Waals surface area contributed by atoms with Gasteiger partial charge in [0.15, 0.2) is 52.4 Å². The predicted octanol–water partition coefficient (Wildman–Crippen LogP) is 16.4. The van der Waals surface area contributed by atoms with E-state index in [4.69, 9.17) is 13.3 Å². The Balaban J connectivity index is 2.01. The molecule has 0 amide bonds. The van der Waals surface area contributed by atoms with Gasteiger partial charge in [0, 0.05) is 0 Å². The standard InChI is InChI=1S/C48H69F6N3O3Si3/c1-25(2)61(26(3)4,27(5)6)58-37-22-19-34(40(49)43(37)52)46-55-47(35-20-23-38(44(53)41(35)50)59-62(28(7)8,29(9)10)30(11)12)57-48(56-46)36-21-24-39(45(54)42(36)51)60-63(31(13)14,32(15)16)33(17)18/h19-33H,1-18H3. The van der Waals surface area contributed by atoms with Gasteiger partial charge < -0.3 is 13.3 Å². The van der Waals surface area contributed by atoms with Gasteiger partial charge in [-0.2, -0.15) is 13.2 Å². The molecule has 1 heterocycles. The maximum Gasteiger partial charge on any atom is 0.258 e. The third-order valence-electron chi connectivity index (χ3n) is 13.5. The Hall–Kier alpha value is -3.70. The number of halogens is 6. The lowest BCUT2D eigenvalue weighted by atomic mass is 10.1. The Morgan fingerprint density at radius 2 is 0.476 bits per heavy atom. The molecule has 1 aromatic heterocycles. The fourth-order valence-electron chi connectivity index (χ4n) is 10.7. The SMILES string of the molecule is CC(C)[Si](Oc1ccc(-c2nc(-c3ccc(O[Si](C(C)C)(C(C)C)C(C)C)c(F)c3F)nc(-c3ccc(O[Si](C(C)C)(C(C)C)C(C)C)c(F)c3F)n2)c(F)c1F)(C(C)C)C(C)C. The molecule has 4 rings (SSSR count). The zero-order valence-electron chi connectivity index (χ0n) is 40.5. The van der Waals surface area contributed by atoms with Crippen LogP contribution in [-0.2, 0) is 0 Å². The van der Waals surface area contributed by atoms with Crippen molar-refractivity contribution in [1.29, 1.82) is 0 Å². The number of aromatic nitrogens is 3. The van der Waals surface area contributed by atoms with Crippen molar-refractivity contribution in [1.82, 2.24) is 15.0 Å². The van der Waals surface area contributed by atoms with Gasteiger partial charge in [-0.3, -0.25) is 0 Å². The Bertz CT molecular complexity index is 1930. The lowest BCUT2D eigenvalue weighted by Gasteiger charge is -2.42. The average Bonchev–Trinajstić information content (AvgIpc) is 3.18. The van der Waals surface area contributed by atoms with Crippen LogP contribution in [0.1, 0.15) is 125 Å². The number of hydrogen-bond donors (Lipinski definition) is 0. The molecule has 0 aliphatic heterocycles. The van der Waals surface area contributed by atoms with Gasteiger partial charge in [0.2, 0.25) is 0 Å². The number of rotatable bonds is 18. The molecule has 0 saturated heterocycles. The highest BCUT2D eigenvalue weighted by molar-refractivity contribution is 6.79. The number of nitrogens with zero attached hydrogens (tertiary/aromatic N) is 3. The second-order valence-corrected chi connectivity index (χ2v) is 35.9. The van der Waals surface area contributed by atoms with Gasteiger partial charge >= 0.3 is 0 Å². The van der Waals surface area contributed by atoms with Crippen molar-refractivity contribution in [3.63, 3.8) is 0 Å². The van der Waals surface area contributed by atoms with Gasteiger partial charge in [-0.1, -0.05) is 125 Å². The summed E-state index contributed by atoms with van der Waals surface area (Å²) < 4.78 is 118. The zero-order valence-corrected chi connectivity index (χ0v) is 43.5. The van der Waals surface area contributed by atoms with Crippen LogP contribution >= 0.6 is 0 Å². The molecule has 0 aliphatic rings. The van der Waals surface area contributed by atoms with Crippen LogP contribution in [0.25, 0.3) is 34.2 Å². The quantitative estimate of drug-likeness (QED) is 0.0731. The molecule has 0 saturated carbocycles. The molecule has 0 bridgehead atoms. The van der Waals surface area contributed by atoms with Crippen molar-refractivity contribution in [2.75, 3.05) is 0 Å². The summed E-state index contributed by atoms with van der Waals surface area (Å²) in [6.07, 6.45) is 0. The first-order chi connectivity index (χ1) is 29.1. The Morgan fingerprint density at radius 1 is 0.302 bits per heavy atom. The third kappa shape index (κ3) is 9.39. The molecule has 0 fully saturated rings. The summed E-state index contributed by atoms with van der Waals surface area (Å²) in [5.74, 6) is -10.5. The summed E-state index contributed by atoms with van der Waals surface area (Å²) in [5.41, 5.74) is -1.02. The topological polar surface area (TPSA) is 66.4 Å². The van der Waals surface area contributed by atoms with Crippen LogP contribution in [0, 0.1) is 34.9 Å². The third-order valence-corrected chi connectivity index (χ3v) is 31.4. The molecule has 0 radical (unpaired) electrons. The van der Waals surface area contributed by atoms with Crippen LogP contribution in [-0.4, -0.2) is 39.9 Å². The van der Waals surface area contributed by atoms with Gasteiger partial charge in [-0.15, -0.1) is 0 Å². The van der Waals surface area contributed by atoms with Crippen molar-refractivity contribution in [2.24, 2.45) is 0 Å². The van der Waals surface area contributed by atoms with Crippen molar-refractivity contribution in [3.05, 3.63) is 71.3 Å². The summed E-state index contributed by atoms with van der Waals surface area (Å²) in [6, 6.07) is 7.52. The van der Waals surface area contributed by atoms with E-state index >= 15 is 26.3 Å². The lowest BCUT2D eigenvalue weighted by molar-refractivity contribution is 0.422. The minimum atomic E-state index is -2.75. The van der Waals surface area contributed by atoms with E-state index in [2.05, 4.69) is 15.0 Å². The number of benzene rings is 3. The van der Waals surface area contributed by atoms with Crippen molar-refractivity contribution in [2.45, 2.75) is 174 Å². The van der Waals surface area contributed by atoms with Crippen LogP contribution in [0.15, 0.2) is 36.4 Å². The fourth-order valence-corrected chi connectivity index (χ4v) is 26.5. The molecular weight excluding hydrogens is 865 g/mol. The summed E-state index contributed by atoms with van der Waals surface area (Å²) in [6.45, 7) is 36.2. The second-order valence-electron chi connectivity index (χ2n) is 19.8. The summed E-state index contributed by atoms with van der Waals surface area (Å²) in [5, 5.41) is 0. The molecule has 3 aromatic carbocycles. The zero-order chi connectivity index (χ0) is 47.8. The highest BCUT2D eigenvalue weighted by Gasteiger charge is 2.50. The summed E-state index contributed by atoms with van der Waals surface area (Å²) in [4.78, 5) is 13.0. The first kappa shape index (κ1) is 51.9. The summed E-state index contributed by atoms with van der Waals surface area (Å²) >= 11 is 0. The van der Waals surface area contributed by atoms with E-state index in [1.807, 2.05) is 125 Å². The van der Waals surface area contributed by atoms with E-state index in [1.54, 1.807) is 0 Å². The van der Waals surface area contributed by atoms with Gasteiger partial charge in [0.25, 0.3) is 25.0 Å². The Labute approximate surface area is 375 Å². The van der Waals surface area contributed by atoms with Crippen LogP contribution < -0.4 is 13.3 Å². The van der Waals surface area contributed by atoms with E-state index in [0.29, 0.717) is 0 Å². The van der Waals surface area contributed by atoms with Crippen LogP contribution in [0.2, 0.25) is 49.9 Å². The van der Waals surface area contributed by atoms with Crippen molar-refractivity contribution >= 4 is 25.0 Å². The second kappa shape index (κ2) is 19.8. The Kier molecular flexibility index (Phi) is 16.3. The highest BCUT2D eigenvalue weighted by atomic mass is 28.4. The fraction of sp³-hybridized carbons (Fsp3) is 0.562. The highest BCUT2D eigenvalue weighted by Crippen LogP contribution is 2.47. The smallest absolute Gasteiger partial charge is 0.258 e.